The number of hydrogen-bond acceptors (Lipinski definition) is 6. The van der Waals surface area contributed by atoms with E-state index in [1.165, 1.54) is 11.8 Å². The van der Waals surface area contributed by atoms with E-state index < -0.39 is 0 Å². The van der Waals surface area contributed by atoms with Crippen molar-refractivity contribution in [2.45, 2.75) is 11.9 Å². The number of methoxy groups -OCH3 is 1. The van der Waals surface area contributed by atoms with Crippen molar-refractivity contribution < 1.29 is 14.3 Å². The van der Waals surface area contributed by atoms with Crippen LogP contribution in [0.15, 0.2) is 72.0 Å². The van der Waals surface area contributed by atoms with E-state index in [0.717, 1.165) is 27.5 Å². The molecule has 158 valence electrons. The highest BCUT2D eigenvalue weighted by atomic mass is 32.2. The maximum Gasteiger partial charge on any atom is 0.234 e. The van der Waals surface area contributed by atoms with Crippen LogP contribution >= 0.6 is 11.8 Å². The lowest BCUT2D eigenvalue weighted by molar-refractivity contribution is -0.113. The minimum Gasteiger partial charge on any atom is -0.495 e. The van der Waals surface area contributed by atoms with Crippen LogP contribution in [-0.2, 0) is 4.79 Å². The summed E-state index contributed by atoms with van der Waals surface area (Å²) >= 11 is 1.36. The number of hydrogen-bond donors (Lipinski definition) is 1. The number of rotatable bonds is 8. The summed E-state index contributed by atoms with van der Waals surface area (Å²) in [6, 6.07) is 17.1. The Kier molecular flexibility index (Phi) is 6.37. The molecule has 0 bridgehead atoms. The maximum absolute atomic E-state index is 12.5. The molecule has 0 unspecified atom stereocenters. The molecule has 2 aromatic heterocycles. The predicted molar refractivity (Wildman–Crippen MR) is 122 cm³/mol. The van der Waals surface area contributed by atoms with Crippen molar-refractivity contribution in [1.29, 1.82) is 0 Å². The van der Waals surface area contributed by atoms with Crippen LogP contribution in [0.25, 0.3) is 16.8 Å². The van der Waals surface area contributed by atoms with E-state index in [4.69, 9.17) is 9.47 Å². The van der Waals surface area contributed by atoms with Crippen LogP contribution in [0.5, 0.6) is 11.5 Å². The van der Waals surface area contributed by atoms with Crippen molar-refractivity contribution in [3.63, 3.8) is 0 Å². The summed E-state index contributed by atoms with van der Waals surface area (Å²) in [5.41, 5.74) is 3.30. The molecule has 0 aliphatic rings. The molecule has 0 atom stereocenters. The highest BCUT2D eigenvalue weighted by Gasteiger charge is 2.13. The van der Waals surface area contributed by atoms with Crippen molar-refractivity contribution in [3.05, 3.63) is 67.0 Å². The molecule has 0 spiro atoms. The van der Waals surface area contributed by atoms with Gasteiger partial charge in [0.1, 0.15) is 16.5 Å². The maximum atomic E-state index is 12.5. The Labute approximate surface area is 184 Å². The van der Waals surface area contributed by atoms with E-state index in [0.29, 0.717) is 18.0 Å². The van der Waals surface area contributed by atoms with E-state index in [2.05, 4.69) is 15.4 Å². The number of thioether (sulfide) groups is 1. The van der Waals surface area contributed by atoms with Gasteiger partial charge in [0.05, 0.1) is 36.4 Å². The second-order valence-corrected chi connectivity index (χ2v) is 7.55. The Morgan fingerprint density at radius 1 is 1.16 bits per heavy atom. The van der Waals surface area contributed by atoms with Gasteiger partial charge in [0, 0.05) is 18.0 Å². The number of carbonyl (C=O) groups is 1. The van der Waals surface area contributed by atoms with E-state index in [-0.39, 0.29) is 11.7 Å². The van der Waals surface area contributed by atoms with E-state index in [1.807, 2.05) is 49.4 Å². The fourth-order valence-electron chi connectivity index (χ4n) is 3.11. The summed E-state index contributed by atoms with van der Waals surface area (Å²) in [7, 11) is 1.58. The molecule has 0 saturated carbocycles. The quantitative estimate of drug-likeness (QED) is 0.411. The number of nitrogens with one attached hydrogen (secondary N) is 1. The molecule has 0 radical (unpaired) electrons. The van der Waals surface area contributed by atoms with E-state index in [9.17, 15) is 4.79 Å². The molecule has 0 aliphatic heterocycles. The van der Waals surface area contributed by atoms with Crippen LogP contribution < -0.4 is 14.8 Å². The van der Waals surface area contributed by atoms with Crippen molar-refractivity contribution in [2.75, 3.05) is 24.8 Å². The molecule has 7 nitrogen and oxygen atoms in total. The van der Waals surface area contributed by atoms with Gasteiger partial charge in [0.2, 0.25) is 5.91 Å². The van der Waals surface area contributed by atoms with Crippen LogP contribution in [0, 0.1) is 0 Å². The number of para-hydroxylation sites is 2. The van der Waals surface area contributed by atoms with Crippen LogP contribution in [0.1, 0.15) is 6.92 Å². The molecular weight excluding hydrogens is 412 g/mol. The lowest BCUT2D eigenvalue weighted by Crippen LogP contribution is -2.14. The third kappa shape index (κ3) is 4.80. The standard InChI is InChI=1S/C23H22N4O3S/c1-3-30-17-10-8-16(9-11-17)19-14-20-23(24-12-13-27(20)26-19)31-15-22(28)25-18-6-4-5-7-21(18)29-2/h4-14H,3,15H2,1-2H3,(H,25,28). The van der Waals surface area contributed by atoms with E-state index in [1.54, 1.807) is 36.2 Å². The Morgan fingerprint density at radius 2 is 1.97 bits per heavy atom. The van der Waals surface area contributed by atoms with Gasteiger partial charge < -0.3 is 14.8 Å². The molecule has 2 heterocycles. The number of aromatic nitrogens is 3. The number of benzene rings is 2. The van der Waals surface area contributed by atoms with Gasteiger partial charge >= 0.3 is 0 Å². The fourth-order valence-corrected chi connectivity index (χ4v) is 3.88. The predicted octanol–water partition coefficient (Wildman–Crippen LogP) is 4.53. The first-order valence-electron chi connectivity index (χ1n) is 9.81. The zero-order valence-corrected chi connectivity index (χ0v) is 18.1. The first-order valence-corrected chi connectivity index (χ1v) is 10.8. The largest absolute Gasteiger partial charge is 0.495 e. The summed E-state index contributed by atoms with van der Waals surface area (Å²) in [5, 5.41) is 8.26. The number of nitrogens with zero attached hydrogens (tertiary/aromatic N) is 3. The van der Waals surface area contributed by atoms with Gasteiger partial charge in [-0.2, -0.15) is 5.10 Å². The zero-order valence-electron chi connectivity index (χ0n) is 17.2. The fraction of sp³-hybridized carbons (Fsp3) is 0.174. The summed E-state index contributed by atoms with van der Waals surface area (Å²) < 4.78 is 12.6. The molecule has 0 saturated heterocycles. The smallest absolute Gasteiger partial charge is 0.234 e. The minimum absolute atomic E-state index is 0.135. The Hall–Kier alpha value is -3.52. The summed E-state index contributed by atoms with van der Waals surface area (Å²) in [4.78, 5) is 16.9. The topological polar surface area (TPSA) is 77.8 Å². The summed E-state index contributed by atoms with van der Waals surface area (Å²) in [6.07, 6.45) is 3.48. The lowest BCUT2D eigenvalue weighted by atomic mass is 10.1. The first-order chi connectivity index (χ1) is 15.2. The van der Waals surface area contributed by atoms with Gasteiger partial charge in [-0.3, -0.25) is 4.79 Å². The Bertz CT molecular complexity index is 1190. The van der Waals surface area contributed by atoms with Gasteiger partial charge in [-0.1, -0.05) is 23.9 Å². The van der Waals surface area contributed by atoms with Crippen molar-refractivity contribution in [1.82, 2.24) is 14.6 Å². The van der Waals surface area contributed by atoms with Gasteiger partial charge in [0.25, 0.3) is 0 Å². The highest BCUT2D eigenvalue weighted by molar-refractivity contribution is 8.00. The lowest BCUT2D eigenvalue weighted by Gasteiger charge is -2.09. The summed E-state index contributed by atoms with van der Waals surface area (Å²) in [5.74, 6) is 1.53. The van der Waals surface area contributed by atoms with Crippen LogP contribution in [0.2, 0.25) is 0 Å². The molecule has 0 aliphatic carbocycles. The molecule has 31 heavy (non-hydrogen) atoms. The second kappa shape index (κ2) is 9.53. The number of anilines is 1. The van der Waals surface area contributed by atoms with Crippen LogP contribution in [0.4, 0.5) is 5.69 Å². The van der Waals surface area contributed by atoms with Crippen molar-refractivity contribution >= 4 is 28.9 Å². The minimum atomic E-state index is -0.135. The number of carbonyl (C=O) groups excluding carboxylic acids is 1. The molecular formula is C23H22N4O3S. The van der Waals surface area contributed by atoms with Gasteiger partial charge in [0.15, 0.2) is 0 Å². The second-order valence-electron chi connectivity index (χ2n) is 6.59. The molecule has 4 aromatic rings. The zero-order chi connectivity index (χ0) is 21.6. The van der Waals surface area contributed by atoms with Gasteiger partial charge in [-0.25, -0.2) is 9.50 Å². The Morgan fingerprint density at radius 3 is 2.74 bits per heavy atom. The van der Waals surface area contributed by atoms with Crippen molar-refractivity contribution in [2.24, 2.45) is 0 Å². The van der Waals surface area contributed by atoms with Crippen LogP contribution in [-0.4, -0.2) is 40.0 Å². The normalized spacial score (nSPS) is 10.8. The number of fused-ring (bicyclic) bond motifs is 1. The molecule has 4 rings (SSSR count). The number of amides is 1. The molecule has 2 aromatic carbocycles. The highest BCUT2D eigenvalue weighted by Crippen LogP contribution is 2.28. The molecule has 8 heteroatoms. The monoisotopic (exact) mass is 434 g/mol. The average molecular weight is 435 g/mol. The van der Waals surface area contributed by atoms with Crippen molar-refractivity contribution in [3.8, 4) is 22.8 Å². The number of ether oxygens (including phenoxy) is 2. The van der Waals surface area contributed by atoms with Gasteiger partial charge in [-0.05, 0) is 49.4 Å². The molecule has 0 fully saturated rings. The molecule has 1 amide bonds. The average Bonchev–Trinajstić information content (AvgIpc) is 3.24. The van der Waals surface area contributed by atoms with E-state index >= 15 is 0 Å². The Balaban J connectivity index is 1.49. The third-order valence-corrected chi connectivity index (χ3v) is 5.53. The van der Waals surface area contributed by atoms with Crippen LogP contribution in [0.3, 0.4) is 0 Å². The first kappa shape index (κ1) is 20.7. The summed E-state index contributed by atoms with van der Waals surface area (Å²) in [6.45, 7) is 2.59. The SMILES string of the molecule is CCOc1ccc(-c2cc3c(SCC(=O)Nc4ccccc4OC)nccn3n2)cc1. The third-order valence-electron chi connectivity index (χ3n) is 4.54. The molecule has 1 N–H and O–H groups in total. The van der Waals surface area contributed by atoms with Gasteiger partial charge in [-0.15, -0.1) is 0 Å².